The molecule has 0 saturated heterocycles. The van der Waals surface area contributed by atoms with Gasteiger partial charge in [0.15, 0.2) is 0 Å². The lowest BCUT2D eigenvalue weighted by molar-refractivity contribution is 0.578. The Labute approximate surface area is 90.8 Å². The fourth-order valence-electron chi connectivity index (χ4n) is 1.02. The zero-order valence-corrected chi connectivity index (χ0v) is 9.79. The number of hydrogen-bond donors (Lipinski definition) is 1. The van der Waals surface area contributed by atoms with Crippen molar-refractivity contribution in [3.05, 3.63) is 24.4 Å². The van der Waals surface area contributed by atoms with Crippen LogP contribution in [0.5, 0.6) is 0 Å². The molecule has 0 unspecified atom stereocenters. The first-order valence-corrected chi connectivity index (χ1v) is 6.56. The van der Waals surface area contributed by atoms with Gasteiger partial charge < -0.3 is 0 Å². The highest BCUT2D eigenvalue weighted by molar-refractivity contribution is 7.92. The third-order valence-corrected chi connectivity index (χ3v) is 3.18. The maximum atomic E-state index is 11.6. The van der Waals surface area contributed by atoms with Crippen molar-refractivity contribution in [3.63, 3.8) is 0 Å². The quantitative estimate of drug-likeness (QED) is 0.837. The van der Waals surface area contributed by atoms with Crippen LogP contribution in [0.3, 0.4) is 0 Å². The molecule has 4 nitrogen and oxygen atoms in total. The second-order valence-corrected chi connectivity index (χ2v) is 5.66. The summed E-state index contributed by atoms with van der Waals surface area (Å²) in [6.45, 7) is 3.99. The number of nitrogens with one attached hydrogen (secondary N) is 1. The first kappa shape index (κ1) is 12.0. The smallest absolute Gasteiger partial charge is 0.233 e. The first-order valence-electron chi connectivity index (χ1n) is 4.91. The van der Waals surface area contributed by atoms with Gasteiger partial charge in [0.05, 0.1) is 5.75 Å². The Balaban J connectivity index is 2.57. The van der Waals surface area contributed by atoms with Crippen molar-refractivity contribution in [3.8, 4) is 0 Å². The number of rotatable bonds is 5. The summed E-state index contributed by atoms with van der Waals surface area (Å²) in [5.41, 5.74) is 0. The molecule has 0 aliphatic rings. The van der Waals surface area contributed by atoms with E-state index < -0.39 is 10.0 Å². The zero-order chi connectivity index (χ0) is 11.3. The molecule has 15 heavy (non-hydrogen) atoms. The van der Waals surface area contributed by atoms with E-state index in [1.54, 1.807) is 24.4 Å². The van der Waals surface area contributed by atoms with Crippen LogP contribution in [0.2, 0.25) is 0 Å². The van der Waals surface area contributed by atoms with Crippen LogP contribution < -0.4 is 4.72 Å². The number of hydrogen-bond acceptors (Lipinski definition) is 3. The summed E-state index contributed by atoms with van der Waals surface area (Å²) < 4.78 is 25.5. The minimum Gasteiger partial charge on any atom is -0.267 e. The van der Waals surface area contributed by atoms with Crippen molar-refractivity contribution in [1.29, 1.82) is 0 Å². The summed E-state index contributed by atoms with van der Waals surface area (Å²) in [7, 11) is -3.24. The normalized spacial score (nSPS) is 11.7. The highest BCUT2D eigenvalue weighted by atomic mass is 32.2. The van der Waals surface area contributed by atoms with E-state index in [4.69, 9.17) is 0 Å². The van der Waals surface area contributed by atoms with Gasteiger partial charge in [0.25, 0.3) is 0 Å². The standard InChI is InChI=1S/C10H16N2O2S/c1-9(2)6-8-15(13,14)12-10-5-3-4-7-11-10/h3-5,7,9H,6,8H2,1-2H3,(H,11,12). The molecule has 0 radical (unpaired) electrons. The Bertz CT molecular complexity index is 387. The van der Waals surface area contributed by atoms with Crippen LogP contribution in [0.25, 0.3) is 0 Å². The monoisotopic (exact) mass is 228 g/mol. The number of aromatic nitrogens is 1. The topological polar surface area (TPSA) is 59.1 Å². The average Bonchev–Trinajstić information content (AvgIpc) is 2.16. The third-order valence-electron chi connectivity index (χ3n) is 1.89. The second-order valence-electron chi connectivity index (χ2n) is 3.82. The summed E-state index contributed by atoms with van der Waals surface area (Å²) in [5, 5.41) is 0. The predicted octanol–water partition coefficient (Wildman–Crippen LogP) is 1.87. The molecule has 1 aromatic rings. The van der Waals surface area contributed by atoms with Crippen molar-refractivity contribution in [1.82, 2.24) is 4.98 Å². The van der Waals surface area contributed by atoms with E-state index in [0.29, 0.717) is 18.2 Å². The van der Waals surface area contributed by atoms with E-state index in [9.17, 15) is 8.42 Å². The molecule has 1 N–H and O–H groups in total. The molecule has 0 saturated carbocycles. The van der Waals surface area contributed by atoms with Gasteiger partial charge in [0.2, 0.25) is 10.0 Å². The van der Waals surface area contributed by atoms with Crippen LogP contribution in [0, 0.1) is 5.92 Å². The lowest BCUT2D eigenvalue weighted by Crippen LogP contribution is -2.18. The van der Waals surface area contributed by atoms with Crippen LogP contribution in [0.1, 0.15) is 20.3 Å². The van der Waals surface area contributed by atoms with Gasteiger partial charge >= 0.3 is 0 Å². The van der Waals surface area contributed by atoms with Crippen molar-refractivity contribution < 1.29 is 8.42 Å². The summed E-state index contributed by atoms with van der Waals surface area (Å²) in [4.78, 5) is 3.90. The molecule has 5 heteroatoms. The average molecular weight is 228 g/mol. The minimum absolute atomic E-state index is 0.140. The maximum absolute atomic E-state index is 11.6. The largest absolute Gasteiger partial charge is 0.267 e. The van der Waals surface area contributed by atoms with E-state index in [1.165, 1.54) is 0 Å². The lowest BCUT2D eigenvalue weighted by atomic mass is 10.2. The van der Waals surface area contributed by atoms with Crippen LogP contribution in [-0.2, 0) is 10.0 Å². The number of anilines is 1. The second kappa shape index (κ2) is 5.11. The Hall–Kier alpha value is -1.10. The molecular formula is C10H16N2O2S. The first-order chi connectivity index (χ1) is 6.99. The SMILES string of the molecule is CC(C)CCS(=O)(=O)Nc1ccccn1. The summed E-state index contributed by atoms with van der Waals surface area (Å²) in [5.74, 6) is 0.896. The highest BCUT2D eigenvalue weighted by Crippen LogP contribution is 2.07. The van der Waals surface area contributed by atoms with Crippen molar-refractivity contribution in [2.75, 3.05) is 10.5 Å². The van der Waals surface area contributed by atoms with Gasteiger partial charge in [0, 0.05) is 6.20 Å². The van der Waals surface area contributed by atoms with E-state index >= 15 is 0 Å². The van der Waals surface area contributed by atoms with Gasteiger partial charge in [-0.3, -0.25) is 4.72 Å². The minimum atomic E-state index is -3.24. The Morgan fingerprint density at radius 3 is 2.67 bits per heavy atom. The molecule has 84 valence electrons. The van der Waals surface area contributed by atoms with Gasteiger partial charge in [-0.1, -0.05) is 19.9 Å². The molecule has 1 rings (SSSR count). The summed E-state index contributed by atoms with van der Waals surface area (Å²) in [6, 6.07) is 5.12. The lowest BCUT2D eigenvalue weighted by Gasteiger charge is -2.08. The van der Waals surface area contributed by atoms with Crippen molar-refractivity contribution in [2.24, 2.45) is 5.92 Å². The molecule has 0 bridgehead atoms. The van der Waals surface area contributed by atoms with E-state index in [1.807, 2.05) is 13.8 Å². The molecule has 0 atom stereocenters. The van der Waals surface area contributed by atoms with Crippen LogP contribution in [-0.4, -0.2) is 19.2 Å². The molecule has 0 aliphatic heterocycles. The molecule has 0 fully saturated rings. The fraction of sp³-hybridized carbons (Fsp3) is 0.500. The van der Waals surface area contributed by atoms with Crippen molar-refractivity contribution in [2.45, 2.75) is 20.3 Å². The molecule has 0 aromatic carbocycles. The number of nitrogens with zero attached hydrogens (tertiary/aromatic N) is 1. The van der Waals surface area contributed by atoms with Gasteiger partial charge in [0.1, 0.15) is 5.82 Å². The molecule has 1 aromatic heterocycles. The molecular weight excluding hydrogens is 212 g/mol. The summed E-state index contributed by atoms with van der Waals surface area (Å²) in [6.07, 6.45) is 2.21. The van der Waals surface area contributed by atoms with Crippen LogP contribution in [0.15, 0.2) is 24.4 Å². The van der Waals surface area contributed by atoms with Gasteiger partial charge in [-0.15, -0.1) is 0 Å². The maximum Gasteiger partial charge on any atom is 0.233 e. The third kappa shape index (κ3) is 4.78. The fourth-order valence-corrected chi connectivity index (χ4v) is 2.35. The van der Waals surface area contributed by atoms with Gasteiger partial charge in [-0.2, -0.15) is 0 Å². The summed E-state index contributed by atoms with van der Waals surface area (Å²) >= 11 is 0. The number of sulfonamides is 1. The van der Waals surface area contributed by atoms with Crippen LogP contribution >= 0.6 is 0 Å². The van der Waals surface area contributed by atoms with Gasteiger partial charge in [-0.05, 0) is 24.5 Å². The Kier molecular flexibility index (Phi) is 4.08. The number of pyridine rings is 1. The molecule has 0 amide bonds. The Morgan fingerprint density at radius 1 is 1.40 bits per heavy atom. The zero-order valence-electron chi connectivity index (χ0n) is 8.97. The van der Waals surface area contributed by atoms with Gasteiger partial charge in [-0.25, -0.2) is 13.4 Å². The molecule has 0 spiro atoms. The highest BCUT2D eigenvalue weighted by Gasteiger charge is 2.11. The Morgan fingerprint density at radius 2 is 2.13 bits per heavy atom. The van der Waals surface area contributed by atoms with Crippen molar-refractivity contribution >= 4 is 15.8 Å². The predicted molar refractivity (Wildman–Crippen MR) is 61.1 cm³/mol. The molecule has 1 heterocycles. The van der Waals surface area contributed by atoms with E-state index in [2.05, 4.69) is 9.71 Å². The van der Waals surface area contributed by atoms with Crippen LogP contribution in [0.4, 0.5) is 5.82 Å². The van der Waals surface area contributed by atoms with E-state index in [0.717, 1.165) is 0 Å². The molecule has 0 aliphatic carbocycles. The van der Waals surface area contributed by atoms with E-state index in [-0.39, 0.29) is 5.75 Å².